The molecule has 0 saturated carbocycles. The van der Waals surface area contributed by atoms with Gasteiger partial charge in [-0.3, -0.25) is 9.59 Å². The fourth-order valence-corrected chi connectivity index (χ4v) is 3.87. The standard InChI is InChI=1S/C21H16N4O5S/c22-14(12-6-5-10-3-1-2-4-11(10)9-12)19(27)23-13-7-8-31-17(13)18-24-15(21(29)30)16(26)20(28)25-18/h1-9,14,26H,22H2,(H,23,27)(H,29,30)(H,24,25,28). The molecular weight excluding hydrogens is 420 g/mol. The Morgan fingerprint density at radius 1 is 1.13 bits per heavy atom. The summed E-state index contributed by atoms with van der Waals surface area (Å²) in [6, 6.07) is 13.8. The molecule has 1 atom stereocenters. The van der Waals surface area contributed by atoms with Crippen LogP contribution in [0.4, 0.5) is 5.69 Å². The molecule has 156 valence electrons. The van der Waals surface area contributed by atoms with Gasteiger partial charge in [0.25, 0.3) is 5.56 Å². The Balaban J connectivity index is 1.63. The smallest absolute Gasteiger partial charge is 0.358 e. The van der Waals surface area contributed by atoms with Crippen molar-refractivity contribution in [3.63, 3.8) is 0 Å². The first-order chi connectivity index (χ1) is 14.8. The molecule has 0 aliphatic heterocycles. The van der Waals surface area contributed by atoms with Crippen LogP contribution in [-0.4, -0.2) is 32.1 Å². The van der Waals surface area contributed by atoms with Crippen LogP contribution in [0.2, 0.25) is 0 Å². The van der Waals surface area contributed by atoms with Gasteiger partial charge in [-0.15, -0.1) is 11.3 Å². The maximum Gasteiger partial charge on any atom is 0.358 e. The molecule has 1 unspecified atom stereocenters. The molecule has 4 aromatic rings. The number of anilines is 1. The number of nitrogens with zero attached hydrogens (tertiary/aromatic N) is 1. The van der Waals surface area contributed by atoms with E-state index in [1.165, 1.54) is 0 Å². The Bertz CT molecular complexity index is 1380. The largest absolute Gasteiger partial charge is 0.501 e. The highest BCUT2D eigenvalue weighted by Crippen LogP contribution is 2.32. The second-order valence-corrected chi connectivity index (χ2v) is 7.57. The summed E-state index contributed by atoms with van der Waals surface area (Å²) < 4.78 is 0. The van der Waals surface area contributed by atoms with Gasteiger partial charge in [-0.05, 0) is 33.8 Å². The molecule has 0 aliphatic rings. The van der Waals surface area contributed by atoms with Gasteiger partial charge in [0.05, 0.1) is 10.6 Å². The Morgan fingerprint density at radius 3 is 2.61 bits per heavy atom. The van der Waals surface area contributed by atoms with Gasteiger partial charge in [-0.25, -0.2) is 9.78 Å². The fourth-order valence-electron chi connectivity index (χ4n) is 3.08. The number of aromatic amines is 1. The number of H-pyrrole nitrogens is 1. The van der Waals surface area contributed by atoms with Crippen molar-refractivity contribution in [2.75, 3.05) is 5.32 Å². The molecule has 0 spiro atoms. The van der Waals surface area contributed by atoms with Crippen molar-refractivity contribution in [1.82, 2.24) is 9.97 Å². The first kappa shape index (κ1) is 20.3. The van der Waals surface area contributed by atoms with Crippen molar-refractivity contribution in [1.29, 1.82) is 0 Å². The Hall–Kier alpha value is -4.02. The number of nitrogens with one attached hydrogen (secondary N) is 2. The number of hydrogen-bond acceptors (Lipinski definition) is 7. The molecular formula is C21H16N4O5S. The lowest BCUT2D eigenvalue weighted by Gasteiger charge is -2.14. The van der Waals surface area contributed by atoms with E-state index in [1.807, 2.05) is 36.4 Å². The summed E-state index contributed by atoms with van der Waals surface area (Å²) in [5.74, 6) is -3.12. The van der Waals surface area contributed by atoms with Crippen molar-refractivity contribution >= 4 is 39.7 Å². The zero-order chi connectivity index (χ0) is 22.1. The molecule has 0 fully saturated rings. The van der Waals surface area contributed by atoms with Crippen molar-refractivity contribution in [2.45, 2.75) is 6.04 Å². The summed E-state index contributed by atoms with van der Waals surface area (Å²) in [5.41, 5.74) is 5.30. The van der Waals surface area contributed by atoms with Crippen LogP contribution >= 0.6 is 11.3 Å². The number of hydrogen-bond donors (Lipinski definition) is 5. The van der Waals surface area contributed by atoms with E-state index in [1.54, 1.807) is 17.5 Å². The summed E-state index contributed by atoms with van der Waals surface area (Å²) >= 11 is 1.13. The monoisotopic (exact) mass is 436 g/mol. The Labute approximate surface area is 178 Å². The SMILES string of the molecule is NC(C(=O)Nc1ccsc1-c1nc(C(=O)O)c(O)c(=O)[nH]1)c1ccc2ccccc2c1. The van der Waals surface area contributed by atoms with Gasteiger partial charge in [-0.2, -0.15) is 0 Å². The van der Waals surface area contributed by atoms with E-state index in [0.717, 1.165) is 22.1 Å². The van der Waals surface area contributed by atoms with Gasteiger partial charge in [0.1, 0.15) is 6.04 Å². The van der Waals surface area contributed by atoms with Crippen LogP contribution in [0.25, 0.3) is 21.5 Å². The maximum absolute atomic E-state index is 12.8. The molecule has 10 heteroatoms. The summed E-state index contributed by atoms with van der Waals surface area (Å²) in [6.45, 7) is 0. The van der Waals surface area contributed by atoms with Crippen LogP contribution < -0.4 is 16.6 Å². The summed E-state index contributed by atoms with van der Waals surface area (Å²) in [4.78, 5) is 42.3. The number of carboxylic acids is 1. The first-order valence-corrected chi connectivity index (χ1v) is 9.92. The molecule has 0 radical (unpaired) electrons. The van der Waals surface area contributed by atoms with E-state index in [9.17, 15) is 19.5 Å². The Kier molecular flexibility index (Phi) is 5.24. The Morgan fingerprint density at radius 2 is 1.87 bits per heavy atom. The normalized spacial score (nSPS) is 11.9. The van der Waals surface area contributed by atoms with Crippen LogP contribution in [0.1, 0.15) is 22.1 Å². The molecule has 6 N–H and O–H groups in total. The minimum Gasteiger partial charge on any atom is -0.501 e. The van der Waals surface area contributed by atoms with E-state index in [0.29, 0.717) is 16.1 Å². The average Bonchev–Trinajstić information content (AvgIpc) is 3.22. The molecule has 0 saturated heterocycles. The third-order valence-electron chi connectivity index (χ3n) is 4.65. The topological polar surface area (TPSA) is 158 Å². The number of carbonyl (C=O) groups excluding carboxylic acids is 1. The summed E-state index contributed by atoms with van der Waals surface area (Å²) in [6.07, 6.45) is 0. The molecule has 2 aromatic heterocycles. The first-order valence-electron chi connectivity index (χ1n) is 9.04. The third-order valence-corrected chi connectivity index (χ3v) is 5.57. The minimum absolute atomic E-state index is 0.0928. The maximum atomic E-state index is 12.8. The molecule has 4 rings (SSSR count). The highest BCUT2D eigenvalue weighted by Gasteiger charge is 2.22. The van der Waals surface area contributed by atoms with Crippen LogP contribution in [0.5, 0.6) is 5.75 Å². The second-order valence-electron chi connectivity index (χ2n) is 6.65. The lowest BCUT2D eigenvalue weighted by atomic mass is 10.0. The number of carbonyl (C=O) groups is 2. The van der Waals surface area contributed by atoms with Gasteiger partial charge < -0.3 is 26.2 Å². The van der Waals surface area contributed by atoms with Gasteiger partial charge in [0, 0.05) is 0 Å². The number of thiophene rings is 1. The van der Waals surface area contributed by atoms with Crippen molar-refractivity contribution in [3.8, 4) is 16.5 Å². The molecule has 9 nitrogen and oxygen atoms in total. The van der Waals surface area contributed by atoms with Gasteiger partial charge in [0.2, 0.25) is 11.7 Å². The highest BCUT2D eigenvalue weighted by molar-refractivity contribution is 7.14. The number of rotatable bonds is 5. The van der Waals surface area contributed by atoms with Gasteiger partial charge in [-0.1, -0.05) is 36.4 Å². The second kappa shape index (κ2) is 8.01. The number of aromatic nitrogens is 2. The van der Waals surface area contributed by atoms with Gasteiger partial charge >= 0.3 is 5.97 Å². The van der Waals surface area contributed by atoms with Crippen LogP contribution in [0, 0.1) is 0 Å². The van der Waals surface area contributed by atoms with E-state index in [2.05, 4.69) is 15.3 Å². The highest BCUT2D eigenvalue weighted by atomic mass is 32.1. The molecule has 0 bridgehead atoms. The lowest BCUT2D eigenvalue weighted by molar-refractivity contribution is -0.117. The third kappa shape index (κ3) is 3.89. The fraction of sp³-hybridized carbons (Fsp3) is 0.0476. The van der Waals surface area contributed by atoms with Crippen molar-refractivity contribution in [3.05, 3.63) is 75.5 Å². The molecule has 1 amide bonds. The number of fused-ring (bicyclic) bond motifs is 1. The minimum atomic E-state index is -1.55. The number of carboxylic acid groups (broad SMARTS) is 1. The van der Waals surface area contributed by atoms with Crippen LogP contribution in [0.3, 0.4) is 0 Å². The van der Waals surface area contributed by atoms with Crippen molar-refractivity contribution in [2.24, 2.45) is 5.73 Å². The number of amides is 1. The van der Waals surface area contributed by atoms with E-state index >= 15 is 0 Å². The molecule has 31 heavy (non-hydrogen) atoms. The van der Waals surface area contributed by atoms with E-state index in [4.69, 9.17) is 10.8 Å². The molecule has 2 heterocycles. The zero-order valence-electron chi connectivity index (χ0n) is 15.8. The van der Waals surface area contributed by atoms with Crippen LogP contribution in [0.15, 0.2) is 58.7 Å². The molecule has 0 aliphatic carbocycles. The predicted octanol–water partition coefficient (Wildman–Crippen LogP) is 2.69. The zero-order valence-corrected chi connectivity index (χ0v) is 16.6. The number of nitrogens with two attached hydrogens (primary N) is 1. The molecule has 2 aromatic carbocycles. The number of benzene rings is 2. The quantitative estimate of drug-likeness (QED) is 0.322. The van der Waals surface area contributed by atoms with E-state index in [-0.39, 0.29) is 5.82 Å². The summed E-state index contributed by atoms with van der Waals surface area (Å²) in [5, 5.41) is 25.1. The number of aromatic hydroxyl groups is 1. The average molecular weight is 436 g/mol. The lowest BCUT2D eigenvalue weighted by Crippen LogP contribution is -2.27. The van der Waals surface area contributed by atoms with Crippen molar-refractivity contribution < 1.29 is 19.8 Å². The number of aromatic carboxylic acids is 1. The van der Waals surface area contributed by atoms with Crippen LogP contribution in [-0.2, 0) is 4.79 Å². The van der Waals surface area contributed by atoms with Gasteiger partial charge in [0.15, 0.2) is 11.5 Å². The summed E-state index contributed by atoms with van der Waals surface area (Å²) in [7, 11) is 0. The predicted molar refractivity (Wildman–Crippen MR) is 116 cm³/mol. The van der Waals surface area contributed by atoms with E-state index < -0.39 is 34.9 Å².